The van der Waals surface area contributed by atoms with Gasteiger partial charge in [-0.25, -0.2) is 0 Å². The highest BCUT2D eigenvalue weighted by atomic mass is 19.4. The smallest absolute Gasteiger partial charge is 0.416 e. The molecule has 0 spiro atoms. The zero-order valence-corrected chi connectivity index (χ0v) is 13.8. The first-order valence-electron chi connectivity index (χ1n) is 7.51. The third-order valence-electron chi connectivity index (χ3n) is 3.24. The Kier molecular flexibility index (Phi) is 5.49. The van der Waals surface area contributed by atoms with Crippen molar-refractivity contribution >= 4 is 17.3 Å². The lowest BCUT2D eigenvalue weighted by atomic mass is 10.1. The first kappa shape index (κ1) is 19.2. The van der Waals surface area contributed by atoms with Crippen LogP contribution in [0.3, 0.4) is 0 Å². The number of non-ortho nitro benzene ring substituents is 1. The van der Waals surface area contributed by atoms with Gasteiger partial charge in [0.25, 0.3) is 11.6 Å². The monoisotopic (exact) mass is 368 g/mol. The molecule has 1 N–H and O–H groups in total. The number of nitrogens with one attached hydrogen (secondary N) is 1. The van der Waals surface area contributed by atoms with Crippen molar-refractivity contribution in [2.24, 2.45) is 0 Å². The molecule has 0 aliphatic heterocycles. The fourth-order valence-corrected chi connectivity index (χ4v) is 2.12. The lowest BCUT2D eigenvalue weighted by molar-refractivity contribution is -0.384. The number of nitrogens with zero attached hydrogens (tertiary/aromatic N) is 1. The lowest BCUT2D eigenvalue weighted by Gasteiger charge is -2.17. The highest BCUT2D eigenvalue weighted by Crippen LogP contribution is 2.35. The van der Waals surface area contributed by atoms with Gasteiger partial charge in [0, 0.05) is 17.7 Å². The SMILES string of the molecule is CC(C)Oc1ccc(C(F)(F)F)cc1NC(=O)c1cccc([N+](=O)[O-])c1. The third-order valence-corrected chi connectivity index (χ3v) is 3.24. The number of hydrogen-bond acceptors (Lipinski definition) is 4. The number of nitro benzene ring substituents is 1. The van der Waals surface area contributed by atoms with Crippen LogP contribution in [-0.4, -0.2) is 16.9 Å². The molecular weight excluding hydrogens is 353 g/mol. The van der Waals surface area contributed by atoms with Crippen LogP contribution in [0.1, 0.15) is 29.8 Å². The Labute approximate surface area is 146 Å². The fourth-order valence-electron chi connectivity index (χ4n) is 2.12. The highest BCUT2D eigenvalue weighted by molar-refractivity contribution is 6.05. The molecule has 0 aromatic heterocycles. The molecular formula is C17H15F3N2O4. The lowest BCUT2D eigenvalue weighted by Crippen LogP contribution is -2.16. The van der Waals surface area contributed by atoms with Gasteiger partial charge in [0.1, 0.15) is 5.75 Å². The second kappa shape index (κ2) is 7.42. The summed E-state index contributed by atoms with van der Waals surface area (Å²) >= 11 is 0. The molecule has 138 valence electrons. The molecule has 9 heteroatoms. The maximum absolute atomic E-state index is 12.9. The van der Waals surface area contributed by atoms with Gasteiger partial charge < -0.3 is 10.1 Å². The second-order valence-electron chi connectivity index (χ2n) is 5.64. The normalized spacial score (nSPS) is 11.3. The summed E-state index contributed by atoms with van der Waals surface area (Å²) in [6.07, 6.45) is -4.93. The largest absolute Gasteiger partial charge is 0.489 e. The molecule has 0 atom stereocenters. The molecule has 0 aliphatic carbocycles. The molecule has 26 heavy (non-hydrogen) atoms. The van der Waals surface area contributed by atoms with Gasteiger partial charge in [-0.2, -0.15) is 13.2 Å². The van der Waals surface area contributed by atoms with Crippen LogP contribution in [0.2, 0.25) is 0 Å². The number of carbonyl (C=O) groups is 1. The number of halogens is 3. The number of carbonyl (C=O) groups excluding carboxylic acids is 1. The van der Waals surface area contributed by atoms with Crippen LogP contribution in [-0.2, 0) is 6.18 Å². The van der Waals surface area contributed by atoms with Gasteiger partial charge in [-0.05, 0) is 38.1 Å². The summed E-state index contributed by atoms with van der Waals surface area (Å²) < 4.78 is 44.2. The first-order valence-corrected chi connectivity index (χ1v) is 7.51. The van der Waals surface area contributed by atoms with Gasteiger partial charge in [0.15, 0.2) is 0 Å². The molecule has 2 aromatic carbocycles. The molecule has 0 radical (unpaired) electrons. The van der Waals surface area contributed by atoms with E-state index in [1.54, 1.807) is 13.8 Å². The van der Waals surface area contributed by atoms with Crippen LogP contribution in [0, 0.1) is 10.1 Å². The van der Waals surface area contributed by atoms with E-state index >= 15 is 0 Å². The summed E-state index contributed by atoms with van der Waals surface area (Å²) in [5.41, 5.74) is -1.50. The zero-order chi connectivity index (χ0) is 19.5. The minimum atomic E-state index is -4.60. The van der Waals surface area contributed by atoms with Gasteiger partial charge in [-0.3, -0.25) is 14.9 Å². The van der Waals surface area contributed by atoms with Crippen molar-refractivity contribution in [3.63, 3.8) is 0 Å². The van der Waals surface area contributed by atoms with Gasteiger partial charge in [0.2, 0.25) is 0 Å². The van der Waals surface area contributed by atoms with Crippen molar-refractivity contribution in [2.75, 3.05) is 5.32 Å². The van der Waals surface area contributed by atoms with Crippen LogP contribution in [0.5, 0.6) is 5.75 Å². The zero-order valence-electron chi connectivity index (χ0n) is 13.8. The molecule has 0 unspecified atom stereocenters. The Hall–Kier alpha value is -3.10. The molecule has 0 heterocycles. The molecule has 0 fully saturated rings. The number of nitro groups is 1. The van der Waals surface area contributed by atoms with Crippen molar-refractivity contribution in [1.82, 2.24) is 0 Å². The Bertz CT molecular complexity index is 835. The van der Waals surface area contributed by atoms with E-state index in [-0.39, 0.29) is 28.8 Å². The summed E-state index contributed by atoms with van der Waals surface area (Å²) in [5.74, 6) is -0.728. The van der Waals surface area contributed by atoms with Crippen molar-refractivity contribution in [3.8, 4) is 5.75 Å². The van der Waals surface area contributed by atoms with Crippen molar-refractivity contribution in [3.05, 3.63) is 63.7 Å². The molecule has 1 amide bonds. The molecule has 0 bridgehead atoms. The van der Waals surface area contributed by atoms with Gasteiger partial charge in [-0.1, -0.05) is 6.07 Å². The molecule has 0 saturated carbocycles. The second-order valence-corrected chi connectivity index (χ2v) is 5.64. The molecule has 2 aromatic rings. The summed E-state index contributed by atoms with van der Waals surface area (Å²) in [4.78, 5) is 22.4. The maximum atomic E-state index is 12.9. The predicted octanol–water partition coefficient (Wildman–Crippen LogP) is 4.65. The maximum Gasteiger partial charge on any atom is 0.416 e. The third kappa shape index (κ3) is 4.71. The van der Waals surface area contributed by atoms with Crippen molar-refractivity contribution < 1.29 is 27.6 Å². The predicted molar refractivity (Wildman–Crippen MR) is 88.3 cm³/mol. The van der Waals surface area contributed by atoms with Crippen LogP contribution in [0.4, 0.5) is 24.5 Å². The molecule has 2 rings (SSSR count). The van der Waals surface area contributed by atoms with Crippen LogP contribution in [0.15, 0.2) is 42.5 Å². The fraction of sp³-hybridized carbons (Fsp3) is 0.235. The van der Waals surface area contributed by atoms with Crippen molar-refractivity contribution in [2.45, 2.75) is 26.1 Å². The van der Waals surface area contributed by atoms with E-state index in [1.807, 2.05) is 0 Å². The van der Waals surface area contributed by atoms with Gasteiger partial charge in [-0.15, -0.1) is 0 Å². The van der Waals surface area contributed by atoms with Gasteiger partial charge >= 0.3 is 6.18 Å². The number of ether oxygens (including phenoxy) is 1. The van der Waals surface area contributed by atoms with E-state index in [9.17, 15) is 28.1 Å². The Morgan fingerprint density at radius 2 is 1.88 bits per heavy atom. The molecule has 6 nitrogen and oxygen atoms in total. The van der Waals surface area contributed by atoms with E-state index in [0.29, 0.717) is 0 Å². The van der Waals surface area contributed by atoms with E-state index in [4.69, 9.17) is 4.74 Å². The number of amides is 1. The summed E-state index contributed by atoms with van der Waals surface area (Å²) in [5, 5.41) is 13.1. The van der Waals surface area contributed by atoms with E-state index in [2.05, 4.69) is 5.32 Å². The average Bonchev–Trinajstić information content (AvgIpc) is 2.55. The van der Waals surface area contributed by atoms with Crippen LogP contribution < -0.4 is 10.1 Å². The minimum Gasteiger partial charge on any atom is -0.489 e. The Balaban J connectivity index is 2.38. The highest BCUT2D eigenvalue weighted by Gasteiger charge is 2.31. The number of benzene rings is 2. The van der Waals surface area contributed by atoms with E-state index in [0.717, 1.165) is 24.3 Å². The molecule has 0 aliphatic rings. The van der Waals surface area contributed by atoms with Crippen LogP contribution in [0.25, 0.3) is 0 Å². The first-order chi connectivity index (χ1) is 12.1. The standard InChI is InChI=1S/C17H15F3N2O4/c1-10(2)26-15-7-6-12(17(18,19)20)9-14(15)21-16(23)11-4-3-5-13(8-11)22(24)25/h3-10H,1-2H3,(H,21,23). The summed E-state index contributed by atoms with van der Waals surface area (Å²) in [6.45, 7) is 3.37. The summed E-state index contributed by atoms with van der Waals surface area (Å²) in [6, 6.07) is 7.59. The van der Waals surface area contributed by atoms with E-state index in [1.165, 1.54) is 18.2 Å². The molecule has 0 saturated heterocycles. The quantitative estimate of drug-likeness (QED) is 0.615. The number of anilines is 1. The van der Waals surface area contributed by atoms with Gasteiger partial charge in [0.05, 0.1) is 22.3 Å². The van der Waals surface area contributed by atoms with Crippen molar-refractivity contribution in [1.29, 1.82) is 0 Å². The number of rotatable bonds is 5. The summed E-state index contributed by atoms with van der Waals surface area (Å²) in [7, 11) is 0. The Morgan fingerprint density at radius 3 is 2.46 bits per heavy atom. The Morgan fingerprint density at radius 1 is 1.19 bits per heavy atom. The van der Waals surface area contributed by atoms with E-state index < -0.39 is 22.6 Å². The number of hydrogen-bond donors (Lipinski definition) is 1. The minimum absolute atomic E-state index is 0.0618. The van der Waals surface area contributed by atoms with Crippen LogP contribution >= 0.6 is 0 Å². The average molecular weight is 368 g/mol. The topological polar surface area (TPSA) is 81.5 Å². The number of alkyl halides is 3.